The lowest BCUT2D eigenvalue weighted by atomic mass is 10.2. The van der Waals surface area contributed by atoms with Crippen LogP contribution in [0.4, 0.5) is 15.8 Å². The predicted molar refractivity (Wildman–Crippen MR) is 77.5 cm³/mol. The molecule has 2 rings (SSSR count). The first kappa shape index (κ1) is 14.0. The van der Waals surface area contributed by atoms with Gasteiger partial charge in [-0.25, -0.2) is 4.39 Å². The van der Waals surface area contributed by atoms with Gasteiger partial charge in [0, 0.05) is 25.5 Å². The molecule has 0 saturated carbocycles. The molecule has 1 heterocycles. The van der Waals surface area contributed by atoms with Crippen molar-refractivity contribution >= 4 is 17.3 Å². The molecule has 0 saturated heterocycles. The van der Waals surface area contributed by atoms with Crippen LogP contribution in [-0.4, -0.2) is 24.5 Å². The number of nitrogens with one attached hydrogen (secondary N) is 1. The molecule has 1 aromatic carbocycles. The maximum absolute atomic E-state index is 12.9. The van der Waals surface area contributed by atoms with Crippen molar-refractivity contribution in [1.29, 1.82) is 0 Å². The topological polar surface area (TPSA) is 45.2 Å². The number of carbonyl (C=O) groups excluding carboxylic acids is 1. The normalized spacial score (nSPS) is 10.2. The van der Waals surface area contributed by atoms with E-state index in [1.807, 2.05) is 6.92 Å². The Morgan fingerprint density at radius 1 is 1.30 bits per heavy atom. The van der Waals surface area contributed by atoms with Crippen molar-refractivity contribution in [3.63, 3.8) is 0 Å². The lowest BCUT2D eigenvalue weighted by molar-refractivity contribution is 0.0993. The number of hydrogen-bond acceptors (Lipinski definition) is 3. The molecule has 0 radical (unpaired) electrons. The van der Waals surface area contributed by atoms with E-state index < -0.39 is 0 Å². The second kappa shape index (κ2) is 6.14. The van der Waals surface area contributed by atoms with Gasteiger partial charge < -0.3 is 10.2 Å². The number of nitrogens with zero attached hydrogens (tertiary/aromatic N) is 2. The third kappa shape index (κ3) is 2.93. The molecule has 4 nitrogen and oxygen atoms in total. The lowest BCUT2D eigenvalue weighted by Gasteiger charge is -2.19. The van der Waals surface area contributed by atoms with Crippen LogP contribution in [0.15, 0.2) is 42.7 Å². The Balaban J connectivity index is 2.29. The highest BCUT2D eigenvalue weighted by molar-refractivity contribution is 6.09. The van der Waals surface area contributed by atoms with Crippen molar-refractivity contribution in [1.82, 2.24) is 4.98 Å². The van der Waals surface area contributed by atoms with Crippen molar-refractivity contribution < 1.29 is 9.18 Å². The van der Waals surface area contributed by atoms with Crippen molar-refractivity contribution in [2.24, 2.45) is 0 Å². The molecule has 0 aliphatic rings. The zero-order valence-electron chi connectivity index (χ0n) is 11.4. The zero-order valence-corrected chi connectivity index (χ0v) is 11.4. The van der Waals surface area contributed by atoms with Gasteiger partial charge in [-0.2, -0.15) is 0 Å². The number of amides is 1. The molecule has 5 heteroatoms. The number of aromatic nitrogens is 1. The highest BCUT2D eigenvalue weighted by atomic mass is 19.1. The molecular formula is C15H16FN3O. The molecule has 0 bridgehead atoms. The Morgan fingerprint density at radius 2 is 2.00 bits per heavy atom. The Kier molecular flexibility index (Phi) is 4.30. The SMILES string of the molecule is CCNc1cnccc1C(=O)N(C)c1ccc(F)cc1. The summed E-state index contributed by atoms with van der Waals surface area (Å²) in [7, 11) is 1.66. The van der Waals surface area contributed by atoms with Gasteiger partial charge in [0.1, 0.15) is 5.82 Å². The second-order valence-corrected chi connectivity index (χ2v) is 4.29. The first-order valence-corrected chi connectivity index (χ1v) is 6.35. The second-order valence-electron chi connectivity index (χ2n) is 4.29. The molecule has 104 valence electrons. The Bertz CT molecular complexity index is 598. The minimum absolute atomic E-state index is 0.171. The number of carbonyl (C=O) groups is 1. The minimum Gasteiger partial charge on any atom is -0.383 e. The summed E-state index contributed by atoms with van der Waals surface area (Å²) >= 11 is 0. The summed E-state index contributed by atoms with van der Waals surface area (Å²) < 4.78 is 12.9. The van der Waals surface area contributed by atoms with Gasteiger partial charge in [0.05, 0.1) is 17.4 Å². The van der Waals surface area contributed by atoms with E-state index in [-0.39, 0.29) is 11.7 Å². The first-order chi connectivity index (χ1) is 9.63. The maximum Gasteiger partial charge on any atom is 0.260 e. The van der Waals surface area contributed by atoms with Crippen molar-refractivity contribution in [3.8, 4) is 0 Å². The number of benzene rings is 1. The number of pyridine rings is 1. The first-order valence-electron chi connectivity index (χ1n) is 6.35. The molecule has 1 amide bonds. The van der Waals surface area contributed by atoms with Gasteiger partial charge in [0.25, 0.3) is 5.91 Å². The van der Waals surface area contributed by atoms with Crippen LogP contribution >= 0.6 is 0 Å². The van der Waals surface area contributed by atoms with Crippen LogP contribution in [0.2, 0.25) is 0 Å². The Morgan fingerprint density at radius 3 is 2.65 bits per heavy atom. The highest BCUT2D eigenvalue weighted by Crippen LogP contribution is 2.20. The van der Waals surface area contributed by atoms with E-state index in [1.54, 1.807) is 37.6 Å². The largest absolute Gasteiger partial charge is 0.383 e. The fourth-order valence-corrected chi connectivity index (χ4v) is 1.87. The number of anilines is 2. The number of hydrogen-bond donors (Lipinski definition) is 1. The molecular weight excluding hydrogens is 257 g/mol. The summed E-state index contributed by atoms with van der Waals surface area (Å²) in [5, 5.41) is 3.10. The zero-order chi connectivity index (χ0) is 14.5. The molecule has 0 fully saturated rings. The van der Waals surface area contributed by atoms with Gasteiger partial charge in [-0.1, -0.05) is 0 Å². The quantitative estimate of drug-likeness (QED) is 0.931. The molecule has 0 spiro atoms. The average Bonchev–Trinajstić information content (AvgIpc) is 2.47. The maximum atomic E-state index is 12.9. The van der Waals surface area contributed by atoms with Gasteiger partial charge in [-0.15, -0.1) is 0 Å². The monoisotopic (exact) mass is 273 g/mol. The standard InChI is InChI=1S/C15H16FN3O/c1-3-18-14-10-17-9-8-13(14)15(20)19(2)12-6-4-11(16)5-7-12/h4-10,18H,3H2,1-2H3. The van der Waals surface area contributed by atoms with Crippen molar-refractivity contribution in [3.05, 3.63) is 54.1 Å². The summed E-state index contributed by atoms with van der Waals surface area (Å²) in [6.07, 6.45) is 3.20. The summed E-state index contributed by atoms with van der Waals surface area (Å²) in [6, 6.07) is 7.47. The van der Waals surface area contributed by atoms with E-state index in [0.29, 0.717) is 23.5 Å². The van der Waals surface area contributed by atoms with E-state index in [2.05, 4.69) is 10.3 Å². The third-order valence-electron chi connectivity index (χ3n) is 2.94. The Labute approximate surface area is 117 Å². The molecule has 1 aromatic heterocycles. The molecule has 0 aliphatic heterocycles. The molecule has 2 aromatic rings. The summed E-state index contributed by atoms with van der Waals surface area (Å²) in [4.78, 5) is 18.0. The van der Waals surface area contributed by atoms with Crippen LogP contribution in [0.25, 0.3) is 0 Å². The van der Waals surface area contributed by atoms with Crippen molar-refractivity contribution in [2.75, 3.05) is 23.8 Å². The molecule has 0 atom stereocenters. The van der Waals surface area contributed by atoms with Crippen LogP contribution in [0.3, 0.4) is 0 Å². The van der Waals surface area contributed by atoms with E-state index in [4.69, 9.17) is 0 Å². The van der Waals surface area contributed by atoms with E-state index >= 15 is 0 Å². The van der Waals surface area contributed by atoms with Gasteiger partial charge in [0.2, 0.25) is 0 Å². The third-order valence-corrected chi connectivity index (χ3v) is 2.94. The van der Waals surface area contributed by atoms with Crippen LogP contribution in [0, 0.1) is 5.82 Å². The van der Waals surface area contributed by atoms with Crippen LogP contribution in [-0.2, 0) is 0 Å². The van der Waals surface area contributed by atoms with E-state index in [9.17, 15) is 9.18 Å². The fourth-order valence-electron chi connectivity index (χ4n) is 1.87. The van der Waals surface area contributed by atoms with E-state index in [0.717, 1.165) is 0 Å². The smallest absolute Gasteiger partial charge is 0.260 e. The summed E-state index contributed by atoms with van der Waals surface area (Å²) in [5.74, 6) is -0.498. The van der Waals surface area contributed by atoms with Crippen LogP contribution < -0.4 is 10.2 Å². The Hall–Kier alpha value is -2.43. The molecule has 1 N–H and O–H groups in total. The van der Waals surface area contributed by atoms with Crippen LogP contribution in [0.1, 0.15) is 17.3 Å². The van der Waals surface area contributed by atoms with Gasteiger partial charge >= 0.3 is 0 Å². The van der Waals surface area contributed by atoms with Crippen LogP contribution in [0.5, 0.6) is 0 Å². The molecule has 0 unspecified atom stereocenters. The molecule has 20 heavy (non-hydrogen) atoms. The van der Waals surface area contributed by atoms with Crippen molar-refractivity contribution in [2.45, 2.75) is 6.92 Å². The summed E-state index contributed by atoms with van der Waals surface area (Å²) in [6.45, 7) is 2.65. The number of rotatable bonds is 4. The highest BCUT2D eigenvalue weighted by Gasteiger charge is 2.16. The molecule has 0 aliphatic carbocycles. The average molecular weight is 273 g/mol. The minimum atomic E-state index is -0.327. The predicted octanol–water partition coefficient (Wildman–Crippen LogP) is 2.93. The number of halogens is 1. The van der Waals surface area contributed by atoms with E-state index in [1.165, 1.54) is 17.0 Å². The lowest BCUT2D eigenvalue weighted by Crippen LogP contribution is -2.27. The fraction of sp³-hybridized carbons (Fsp3) is 0.200. The van der Waals surface area contributed by atoms with Gasteiger partial charge in [0.15, 0.2) is 0 Å². The van der Waals surface area contributed by atoms with Gasteiger partial charge in [-0.05, 0) is 37.3 Å². The van der Waals surface area contributed by atoms with Gasteiger partial charge in [-0.3, -0.25) is 9.78 Å². The summed E-state index contributed by atoms with van der Waals surface area (Å²) in [5.41, 5.74) is 1.86.